The molecule has 0 nitrogen and oxygen atoms in total. The first-order chi connectivity index (χ1) is 7.67. The van der Waals surface area contributed by atoms with E-state index in [-0.39, 0.29) is 0 Å². The molecule has 3 aliphatic rings. The summed E-state index contributed by atoms with van der Waals surface area (Å²) in [6, 6.07) is 0. The quantitative estimate of drug-likeness (QED) is 0.641. The van der Waals surface area contributed by atoms with Crippen molar-refractivity contribution in [3.05, 3.63) is 48.6 Å². The van der Waals surface area contributed by atoms with Crippen LogP contribution in [-0.2, 0) is 0 Å². The van der Waals surface area contributed by atoms with E-state index in [9.17, 15) is 0 Å². The number of allylic oxidation sites excluding steroid dienone is 8. The summed E-state index contributed by atoms with van der Waals surface area (Å²) in [6.07, 6.45) is 21.0. The van der Waals surface area contributed by atoms with Crippen LogP contribution in [0.5, 0.6) is 0 Å². The van der Waals surface area contributed by atoms with E-state index < -0.39 is 0 Å². The molecule has 0 aromatic heterocycles. The van der Waals surface area contributed by atoms with Crippen LogP contribution < -0.4 is 0 Å². The Morgan fingerprint density at radius 1 is 0.688 bits per heavy atom. The van der Waals surface area contributed by atoms with Crippen LogP contribution in [0, 0.1) is 22.7 Å². The molecule has 0 unspecified atom stereocenters. The molecular weight excluding hydrogens is 192 g/mol. The van der Waals surface area contributed by atoms with Crippen molar-refractivity contribution in [2.45, 2.75) is 26.7 Å². The van der Waals surface area contributed by atoms with Crippen LogP contribution in [0.2, 0.25) is 0 Å². The first kappa shape index (κ1) is 10.1. The normalized spacial score (nSPS) is 42.1. The lowest BCUT2D eigenvalue weighted by molar-refractivity contribution is -0.0901. The lowest BCUT2D eigenvalue weighted by Crippen LogP contribution is -2.54. The number of hydrogen-bond acceptors (Lipinski definition) is 0. The van der Waals surface area contributed by atoms with Crippen LogP contribution >= 0.6 is 0 Å². The zero-order chi connectivity index (χ0) is 11.2. The first-order valence-corrected chi connectivity index (χ1v) is 6.37. The van der Waals surface area contributed by atoms with Crippen LogP contribution in [0.25, 0.3) is 0 Å². The van der Waals surface area contributed by atoms with Crippen molar-refractivity contribution < 1.29 is 0 Å². The molecule has 0 aromatic carbocycles. The highest BCUT2D eigenvalue weighted by Crippen LogP contribution is 2.65. The second kappa shape index (κ2) is 3.23. The summed E-state index contributed by atoms with van der Waals surface area (Å²) < 4.78 is 0. The van der Waals surface area contributed by atoms with E-state index >= 15 is 0 Å². The lowest BCUT2D eigenvalue weighted by Gasteiger charge is -2.61. The molecule has 3 aliphatic carbocycles. The van der Waals surface area contributed by atoms with Gasteiger partial charge in [-0.25, -0.2) is 0 Å². The number of hydrogen-bond donors (Lipinski definition) is 0. The molecule has 3 rings (SSSR count). The van der Waals surface area contributed by atoms with E-state index in [0.717, 1.165) is 0 Å². The van der Waals surface area contributed by atoms with E-state index in [2.05, 4.69) is 62.5 Å². The van der Waals surface area contributed by atoms with E-state index in [1.807, 2.05) is 0 Å². The Labute approximate surface area is 98.4 Å². The van der Waals surface area contributed by atoms with Gasteiger partial charge in [0, 0.05) is 11.8 Å². The Bertz CT molecular complexity index is 346. The van der Waals surface area contributed by atoms with Gasteiger partial charge in [-0.05, 0) is 23.7 Å². The lowest BCUT2D eigenvalue weighted by atomic mass is 9.43. The summed E-state index contributed by atoms with van der Waals surface area (Å²) in [7, 11) is 0. The van der Waals surface area contributed by atoms with Crippen molar-refractivity contribution in [3.8, 4) is 0 Å². The summed E-state index contributed by atoms with van der Waals surface area (Å²) in [6.45, 7) is 4.95. The van der Waals surface area contributed by atoms with Gasteiger partial charge in [0.15, 0.2) is 0 Å². The summed E-state index contributed by atoms with van der Waals surface area (Å²) in [4.78, 5) is 0. The second-order valence-electron chi connectivity index (χ2n) is 5.93. The fraction of sp³-hybridized carbons (Fsp3) is 0.500. The maximum absolute atomic E-state index is 2.47. The highest BCUT2D eigenvalue weighted by atomic mass is 14.6. The molecule has 0 spiro atoms. The fourth-order valence-electron chi connectivity index (χ4n) is 3.72. The maximum Gasteiger partial charge on any atom is 0.00122 e. The van der Waals surface area contributed by atoms with E-state index in [1.165, 1.54) is 12.8 Å². The molecule has 0 heterocycles. The van der Waals surface area contributed by atoms with Crippen LogP contribution in [0.15, 0.2) is 48.6 Å². The smallest absolute Gasteiger partial charge is 0.00122 e. The molecule has 0 radical (unpaired) electrons. The molecule has 2 atom stereocenters. The minimum atomic E-state index is 0.445. The molecule has 1 saturated carbocycles. The summed E-state index contributed by atoms with van der Waals surface area (Å²) in [5.41, 5.74) is 0.889. The fourth-order valence-corrected chi connectivity index (χ4v) is 3.72. The van der Waals surface area contributed by atoms with Crippen LogP contribution in [0.4, 0.5) is 0 Å². The summed E-state index contributed by atoms with van der Waals surface area (Å²) >= 11 is 0. The third kappa shape index (κ3) is 1.10. The highest BCUT2D eigenvalue weighted by Gasteiger charge is 2.58. The van der Waals surface area contributed by atoms with Crippen LogP contribution in [-0.4, -0.2) is 0 Å². The molecule has 84 valence electrons. The maximum atomic E-state index is 2.47. The zero-order valence-corrected chi connectivity index (χ0v) is 10.2. The third-order valence-electron chi connectivity index (χ3n) is 5.44. The molecule has 0 bridgehead atoms. The van der Waals surface area contributed by atoms with Crippen molar-refractivity contribution in [3.63, 3.8) is 0 Å². The third-order valence-corrected chi connectivity index (χ3v) is 5.44. The SMILES string of the molecule is C[C@@]1(C2C=CC=C2)CC[C@]1(C)C1C=CC=C1. The monoisotopic (exact) mass is 212 g/mol. The van der Waals surface area contributed by atoms with Gasteiger partial charge in [0.1, 0.15) is 0 Å². The Hall–Kier alpha value is -1.04. The van der Waals surface area contributed by atoms with E-state index in [0.29, 0.717) is 22.7 Å². The van der Waals surface area contributed by atoms with Gasteiger partial charge in [0.25, 0.3) is 0 Å². The Kier molecular flexibility index (Phi) is 2.04. The van der Waals surface area contributed by atoms with Gasteiger partial charge >= 0.3 is 0 Å². The van der Waals surface area contributed by atoms with Crippen molar-refractivity contribution in [2.24, 2.45) is 22.7 Å². The van der Waals surface area contributed by atoms with E-state index in [1.54, 1.807) is 0 Å². The molecule has 0 amide bonds. The average Bonchev–Trinajstić information content (AvgIpc) is 2.96. The second-order valence-corrected chi connectivity index (χ2v) is 5.93. The minimum Gasteiger partial charge on any atom is -0.0771 e. The zero-order valence-electron chi connectivity index (χ0n) is 10.2. The summed E-state index contributed by atoms with van der Waals surface area (Å²) in [5.74, 6) is 1.29. The molecular formula is C16H20. The van der Waals surface area contributed by atoms with Gasteiger partial charge < -0.3 is 0 Å². The largest absolute Gasteiger partial charge is 0.0771 e. The van der Waals surface area contributed by atoms with Gasteiger partial charge in [-0.15, -0.1) is 0 Å². The van der Waals surface area contributed by atoms with Gasteiger partial charge in [0.2, 0.25) is 0 Å². The predicted molar refractivity (Wildman–Crippen MR) is 69.0 cm³/mol. The highest BCUT2D eigenvalue weighted by molar-refractivity contribution is 5.30. The van der Waals surface area contributed by atoms with Gasteiger partial charge in [-0.1, -0.05) is 62.5 Å². The minimum absolute atomic E-state index is 0.445. The summed E-state index contributed by atoms with van der Waals surface area (Å²) in [5, 5.41) is 0. The van der Waals surface area contributed by atoms with Crippen molar-refractivity contribution >= 4 is 0 Å². The average molecular weight is 212 g/mol. The van der Waals surface area contributed by atoms with Gasteiger partial charge in [-0.3, -0.25) is 0 Å². The Morgan fingerprint density at radius 3 is 1.25 bits per heavy atom. The first-order valence-electron chi connectivity index (χ1n) is 6.37. The molecule has 0 saturated heterocycles. The van der Waals surface area contributed by atoms with E-state index in [4.69, 9.17) is 0 Å². The molecule has 16 heavy (non-hydrogen) atoms. The molecule has 0 aromatic rings. The standard InChI is InChI=1S/C16H20/c1-15(13-7-3-4-8-13)11-12-16(15,2)14-9-5-6-10-14/h3-10,13-14H,11-12H2,1-2H3/t15-,16+. The van der Waals surface area contributed by atoms with Crippen molar-refractivity contribution in [2.75, 3.05) is 0 Å². The number of rotatable bonds is 2. The van der Waals surface area contributed by atoms with Gasteiger partial charge in [0.05, 0.1) is 0 Å². The predicted octanol–water partition coefficient (Wildman–Crippen LogP) is 4.28. The van der Waals surface area contributed by atoms with Crippen molar-refractivity contribution in [1.29, 1.82) is 0 Å². The Morgan fingerprint density at radius 2 is 1.00 bits per heavy atom. The van der Waals surface area contributed by atoms with Crippen LogP contribution in [0.1, 0.15) is 26.7 Å². The molecule has 1 fully saturated rings. The Balaban J connectivity index is 1.91. The van der Waals surface area contributed by atoms with Gasteiger partial charge in [-0.2, -0.15) is 0 Å². The molecule has 0 heteroatoms. The molecule has 0 aliphatic heterocycles. The van der Waals surface area contributed by atoms with Crippen LogP contribution in [0.3, 0.4) is 0 Å². The molecule has 0 N–H and O–H groups in total. The van der Waals surface area contributed by atoms with Crippen molar-refractivity contribution in [1.82, 2.24) is 0 Å². The topological polar surface area (TPSA) is 0 Å².